The third-order valence-electron chi connectivity index (χ3n) is 5.06. The molecule has 0 aliphatic heterocycles. The van der Waals surface area contributed by atoms with Gasteiger partial charge in [0, 0.05) is 16.1 Å². The molecule has 30 heavy (non-hydrogen) atoms. The first-order chi connectivity index (χ1) is 14.6. The molecule has 150 valence electrons. The minimum atomic E-state index is -0.650. The summed E-state index contributed by atoms with van der Waals surface area (Å²) in [4.78, 5) is 13.1. The molecule has 0 aliphatic carbocycles. The number of phenols is 1. The van der Waals surface area contributed by atoms with Gasteiger partial charge >= 0.3 is 0 Å². The van der Waals surface area contributed by atoms with Crippen LogP contribution in [0.2, 0.25) is 5.02 Å². The highest BCUT2D eigenvalue weighted by atomic mass is 35.5. The maximum absolute atomic E-state index is 13.1. The molecule has 5 heteroatoms. The number of hydrogen-bond donors (Lipinski definition) is 2. The molecule has 4 rings (SSSR count). The Balaban J connectivity index is 1.86. The molecule has 0 radical (unpaired) electrons. The predicted molar refractivity (Wildman–Crippen MR) is 119 cm³/mol. The summed E-state index contributed by atoms with van der Waals surface area (Å²) in [6.07, 6.45) is 0. The maximum atomic E-state index is 13.1. The molecule has 0 saturated carbocycles. The number of nitrogens with one attached hydrogen (secondary N) is 1. The Morgan fingerprint density at radius 2 is 1.73 bits per heavy atom. The second-order valence-electron chi connectivity index (χ2n) is 6.88. The van der Waals surface area contributed by atoms with E-state index in [0.29, 0.717) is 27.5 Å². The van der Waals surface area contributed by atoms with Gasteiger partial charge in [-0.1, -0.05) is 66.2 Å². The fourth-order valence-electron chi connectivity index (χ4n) is 3.58. The van der Waals surface area contributed by atoms with Crippen LogP contribution in [0, 0.1) is 0 Å². The standard InChI is InChI=1S/C25H20ClNO3/c1-30-18-9-6-8-17(15-18)25(29)27-24(20-11-4-5-12-21(20)26)23-19-10-3-2-7-16(19)13-14-22(23)28/h2-15,24,28H,1H3,(H,27,29). The van der Waals surface area contributed by atoms with Crippen LogP contribution in [0.25, 0.3) is 10.8 Å². The van der Waals surface area contributed by atoms with Crippen molar-refractivity contribution in [2.24, 2.45) is 0 Å². The van der Waals surface area contributed by atoms with Crippen LogP contribution < -0.4 is 10.1 Å². The van der Waals surface area contributed by atoms with E-state index in [4.69, 9.17) is 16.3 Å². The second-order valence-corrected chi connectivity index (χ2v) is 7.29. The SMILES string of the molecule is COc1cccc(C(=O)NC(c2ccccc2Cl)c2c(O)ccc3ccccc23)c1. The minimum Gasteiger partial charge on any atom is -0.508 e. The summed E-state index contributed by atoms with van der Waals surface area (Å²) < 4.78 is 5.23. The number of carbonyl (C=O) groups is 1. The van der Waals surface area contributed by atoms with Crippen LogP contribution in [0.1, 0.15) is 27.5 Å². The zero-order chi connectivity index (χ0) is 21.1. The van der Waals surface area contributed by atoms with Crippen molar-refractivity contribution in [3.05, 3.63) is 107 Å². The van der Waals surface area contributed by atoms with E-state index in [1.54, 1.807) is 43.5 Å². The van der Waals surface area contributed by atoms with E-state index >= 15 is 0 Å². The number of amides is 1. The van der Waals surface area contributed by atoms with Gasteiger partial charge in [-0.2, -0.15) is 0 Å². The molecule has 0 fully saturated rings. The van der Waals surface area contributed by atoms with E-state index in [9.17, 15) is 9.90 Å². The monoisotopic (exact) mass is 417 g/mol. The first-order valence-electron chi connectivity index (χ1n) is 9.48. The summed E-state index contributed by atoms with van der Waals surface area (Å²) in [7, 11) is 1.55. The Labute approximate surface area is 179 Å². The Bertz CT molecular complexity index is 1220. The molecule has 4 nitrogen and oxygen atoms in total. The van der Waals surface area contributed by atoms with Crippen molar-refractivity contribution in [3.63, 3.8) is 0 Å². The van der Waals surface area contributed by atoms with E-state index in [-0.39, 0.29) is 11.7 Å². The summed E-state index contributed by atoms with van der Waals surface area (Å²) >= 11 is 6.50. The Hall–Kier alpha value is -3.50. The van der Waals surface area contributed by atoms with Crippen LogP contribution >= 0.6 is 11.6 Å². The van der Waals surface area contributed by atoms with Crippen LogP contribution in [0.5, 0.6) is 11.5 Å². The predicted octanol–water partition coefficient (Wildman–Crippen LogP) is 5.73. The van der Waals surface area contributed by atoms with E-state index in [0.717, 1.165) is 10.8 Å². The number of ether oxygens (including phenoxy) is 1. The smallest absolute Gasteiger partial charge is 0.252 e. The number of halogens is 1. The zero-order valence-electron chi connectivity index (χ0n) is 16.3. The zero-order valence-corrected chi connectivity index (χ0v) is 17.1. The van der Waals surface area contributed by atoms with Gasteiger partial charge in [0.2, 0.25) is 0 Å². The summed E-state index contributed by atoms with van der Waals surface area (Å²) in [6.45, 7) is 0. The Kier molecular flexibility index (Phi) is 5.59. The van der Waals surface area contributed by atoms with E-state index < -0.39 is 6.04 Å². The molecule has 0 bridgehead atoms. The van der Waals surface area contributed by atoms with E-state index in [1.165, 1.54) is 0 Å². The summed E-state index contributed by atoms with van der Waals surface area (Å²) in [6, 6.07) is 24.8. The lowest BCUT2D eigenvalue weighted by Crippen LogP contribution is -2.29. The third-order valence-corrected chi connectivity index (χ3v) is 5.40. The van der Waals surface area contributed by atoms with Crippen molar-refractivity contribution in [3.8, 4) is 11.5 Å². The maximum Gasteiger partial charge on any atom is 0.252 e. The minimum absolute atomic E-state index is 0.0876. The molecule has 0 spiro atoms. The normalized spacial score (nSPS) is 11.8. The van der Waals surface area contributed by atoms with Crippen molar-refractivity contribution in [1.82, 2.24) is 5.32 Å². The van der Waals surface area contributed by atoms with Crippen molar-refractivity contribution in [2.45, 2.75) is 6.04 Å². The number of phenolic OH excluding ortho intramolecular Hbond substituents is 1. The summed E-state index contributed by atoms with van der Waals surface area (Å²) in [5.41, 5.74) is 1.74. The molecule has 1 unspecified atom stereocenters. The van der Waals surface area contributed by atoms with Crippen molar-refractivity contribution in [1.29, 1.82) is 0 Å². The largest absolute Gasteiger partial charge is 0.508 e. The molecule has 2 N–H and O–H groups in total. The van der Waals surface area contributed by atoms with Gasteiger partial charge in [0.15, 0.2) is 0 Å². The number of hydrogen-bond acceptors (Lipinski definition) is 3. The highest BCUT2D eigenvalue weighted by Gasteiger charge is 2.25. The quantitative estimate of drug-likeness (QED) is 0.436. The molecule has 0 aromatic heterocycles. The molecule has 1 amide bonds. The number of rotatable bonds is 5. The van der Waals surface area contributed by atoms with Crippen molar-refractivity contribution in [2.75, 3.05) is 7.11 Å². The van der Waals surface area contributed by atoms with Gasteiger partial charge in [0.25, 0.3) is 5.91 Å². The molecular weight excluding hydrogens is 398 g/mol. The van der Waals surface area contributed by atoms with E-state index in [2.05, 4.69) is 5.32 Å². The molecular formula is C25H20ClNO3. The van der Waals surface area contributed by atoms with Gasteiger partial charge in [-0.3, -0.25) is 4.79 Å². The van der Waals surface area contributed by atoms with Gasteiger partial charge in [-0.05, 0) is 46.7 Å². The van der Waals surface area contributed by atoms with E-state index in [1.807, 2.05) is 48.5 Å². The van der Waals surface area contributed by atoms with Crippen LogP contribution in [-0.2, 0) is 0 Å². The molecule has 0 heterocycles. The Morgan fingerprint density at radius 1 is 0.967 bits per heavy atom. The molecule has 0 aliphatic rings. The Morgan fingerprint density at radius 3 is 2.53 bits per heavy atom. The second kappa shape index (κ2) is 8.47. The lowest BCUT2D eigenvalue weighted by atomic mass is 9.92. The number of aromatic hydroxyl groups is 1. The first kappa shape index (κ1) is 19.8. The van der Waals surface area contributed by atoms with Crippen LogP contribution in [0.4, 0.5) is 0 Å². The molecule has 0 saturated heterocycles. The van der Waals surface area contributed by atoms with Gasteiger partial charge < -0.3 is 15.2 Å². The highest BCUT2D eigenvalue weighted by Crippen LogP contribution is 2.38. The summed E-state index contributed by atoms with van der Waals surface area (Å²) in [5.74, 6) is 0.376. The van der Waals surface area contributed by atoms with Gasteiger partial charge in [0.1, 0.15) is 11.5 Å². The topological polar surface area (TPSA) is 58.6 Å². The average molecular weight is 418 g/mol. The van der Waals surface area contributed by atoms with Crippen LogP contribution in [0.15, 0.2) is 84.9 Å². The fourth-order valence-corrected chi connectivity index (χ4v) is 3.83. The first-order valence-corrected chi connectivity index (χ1v) is 9.86. The van der Waals surface area contributed by atoms with Gasteiger partial charge in [0.05, 0.1) is 13.2 Å². The highest BCUT2D eigenvalue weighted by molar-refractivity contribution is 6.31. The van der Waals surface area contributed by atoms with Crippen molar-refractivity contribution >= 4 is 28.3 Å². The average Bonchev–Trinajstić information content (AvgIpc) is 2.78. The summed E-state index contributed by atoms with van der Waals surface area (Å²) in [5, 5.41) is 16.1. The number of methoxy groups -OCH3 is 1. The van der Waals surface area contributed by atoms with Crippen LogP contribution in [0.3, 0.4) is 0 Å². The van der Waals surface area contributed by atoms with Gasteiger partial charge in [-0.15, -0.1) is 0 Å². The van der Waals surface area contributed by atoms with Crippen molar-refractivity contribution < 1.29 is 14.6 Å². The number of carbonyl (C=O) groups excluding carboxylic acids is 1. The van der Waals surface area contributed by atoms with Gasteiger partial charge in [-0.25, -0.2) is 0 Å². The third kappa shape index (κ3) is 3.82. The number of fused-ring (bicyclic) bond motifs is 1. The lowest BCUT2D eigenvalue weighted by molar-refractivity contribution is 0.0942. The lowest BCUT2D eigenvalue weighted by Gasteiger charge is -2.23. The number of benzene rings is 4. The fraction of sp³-hybridized carbons (Fsp3) is 0.0800. The molecule has 4 aromatic rings. The molecule has 1 atom stereocenters. The molecule has 4 aromatic carbocycles. The van der Waals surface area contributed by atoms with Crippen LogP contribution in [-0.4, -0.2) is 18.1 Å².